The Morgan fingerprint density at radius 1 is 1.13 bits per heavy atom. The molecule has 1 fully saturated rings. The van der Waals surface area contributed by atoms with E-state index in [0.29, 0.717) is 36.9 Å². The van der Waals surface area contributed by atoms with Crippen molar-refractivity contribution in [1.82, 2.24) is 4.90 Å². The molecule has 9 heteroatoms. The van der Waals surface area contributed by atoms with E-state index in [4.69, 9.17) is 16.3 Å². The molecular formula is C22H25ClN2O4S2. The van der Waals surface area contributed by atoms with Gasteiger partial charge in [-0.1, -0.05) is 18.5 Å². The number of carbonyl (C=O) groups is 1. The molecule has 0 atom stereocenters. The SMILES string of the molecule is CCSc1ccc(S(C)(=O)=O)cc1C(=O)N1Cc2cc(Cl)c(N3CCOCC3)cc2C1. The summed E-state index contributed by atoms with van der Waals surface area (Å²) in [5.74, 6) is 0.624. The molecule has 2 aromatic rings. The number of rotatable bonds is 5. The highest BCUT2D eigenvalue weighted by Crippen LogP contribution is 2.36. The summed E-state index contributed by atoms with van der Waals surface area (Å²) in [4.78, 5) is 18.3. The highest BCUT2D eigenvalue weighted by molar-refractivity contribution is 7.99. The van der Waals surface area contributed by atoms with Crippen LogP contribution in [0.15, 0.2) is 40.1 Å². The Labute approximate surface area is 192 Å². The number of morpholine rings is 1. The fourth-order valence-electron chi connectivity index (χ4n) is 3.96. The number of fused-ring (bicyclic) bond motifs is 1. The number of ether oxygens (including phenoxy) is 1. The molecule has 2 heterocycles. The predicted octanol–water partition coefficient (Wildman–Crippen LogP) is 3.85. The molecule has 0 aromatic heterocycles. The molecule has 1 amide bonds. The van der Waals surface area contributed by atoms with E-state index in [9.17, 15) is 13.2 Å². The number of amides is 1. The summed E-state index contributed by atoms with van der Waals surface area (Å²) in [5, 5.41) is 0.677. The van der Waals surface area contributed by atoms with Gasteiger partial charge in [-0.05, 0) is 47.2 Å². The second-order valence-electron chi connectivity index (χ2n) is 7.70. The molecule has 0 N–H and O–H groups in total. The van der Waals surface area contributed by atoms with Crippen LogP contribution in [-0.2, 0) is 27.7 Å². The van der Waals surface area contributed by atoms with Gasteiger partial charge in [-0.15, -0.1) is 11.8 Å². The van der Waals surface area contributed by atoms with Crippen LogP contribution in [0.5, 0.6) is 0 Å². The topological polar surface area (TPSA) is 66.9 Å². The van der Waals surface area contributed by atoms with Gasteiger partial charge in [0.25, 0.3) is 5.91 Å². The van der Waals surface area contributed by atoms with Crippen LogP contribution < -0.4 is 4.90 Å². The summed E-state index contributed by atoms with van der Waals surface area (Å²) in [7, 11) is -3.40. The minimum absolute atomic E-state index is 0.158. The fourth-order valence-corrected chi connectivity index (χ4v) is 5.69. The lowest BCUT2D eigenvalue weighted by Crippen LogP contribution is -2.36. The number of halogens is 1. The molecule has 0 saturated carbocycles. The summed E-state index contributed by atoms with van der Waals surface area (Å²) in [6.07, 6.45) is 1.16. The van der Waals surface area contributed by atoms with Crippen LogP contribution >= 0.6 is 23.4 Å². The van der Waals surface area contributed by atoms with Gasteiger partial charge >= 0.3 is 0 Å². The highest BCUT2D eigenvalue weighted by atomic mass is 35.5. The van der Waals surface area contributed by atoms with E-state index in [-0.39, 0.29) is 10.8 Å². The number of sulfone groups is 1. The van der Waals surface area contributed by atoms with Gasteiger partial charge in [0.2, 0.25) is 0 Å². The van der Waals surface area contributed by atoms with Gasteiger partial charge in [0.05, 0.1) is 34.4 Å². The van der Waals surface area contributed by atoms with Gasteiger partial charge in [-0.2, -0.15) is 0 Å². The summed E-state index contributed by atoms with van der Waals surface area (Å²) < 4.78 is 29.5. The number of thioether (sulfide) groups is 1. The zero-order valence-corrected chi connectivity index (χ0v) is 19.9. The van der Waals surface area contributed by atoms with Crippen LogP contribution in [0.2, 0.25) is 5.02 Å². The predicted molar refractivity (Wildman–Crippen MR) is 124 cm³/mol. The minimum Gasteiger partial charge on any atom is -0.378 e. The molecule has 166 valence electrons. The van der Waals surface area contributed by atoms with Crippen molar-refractivity contribution in [2.24, 2.45) is 0 Å². The Bertz CT molecular complexity index is 1110. The Kier molecular flexibility index (Phi) is 6.53. The quantitative estimate of drug-likeness (QED) is 0.605. The Morgan fingerprint density at radius 3 is 2.45 bits per heavy atom. The third kappa shape index (κ3) is 4.72. The van der Waals surface area contributed by atoms with Crippen molar-refractivity contribution >= 4 is 44.8 Å². The smallest absolute Gasteiger partial charge is 0.255 e. The molecule has 0 spiro atoms. The number of benzene rings is 2. The Morgan fingerprint density at radius 2 is 1.81 bits per heavy atom. The van der Waals surface area contributed by atoms with Gasteiger partial charge < -0.3 is 14.5 Å². The van der Waals surface area contributed by atoms with Gasteiger partial charge in [0.15, 0.2) is 9.84 Å². The van der Waals surface area contributed by atoms with E-state index in [1.54, 1.807) is 17.0 Å². The van der Waals surface area contributed by atoms with Crippen LogP contribution in [0, 0.1) is 0 Å². The van der Waals surface area contributed by atoms with E-state index < -0.39 is 9.84 Å². The van der Waals surface area contributed by atoms with E-state index in [1.807, 2.05) is 13.0 Å². The first-order chi connectivity index (χ1) is 14.8. The maximum Gasteiger partial charge on any atom is 0.255 e. The lowest BCUT2D eigenvalue weighted by Gasteiger charge is -2.30. The lowest BCUT2D eigenvalue weighted by molar-refractivity contribution is 0.0747. The van der Waals surface area contributed by atoms with Crippen molar-refractivity contribution in [3.05, 3.63) is 52.0 Å². The minimum atomic E-state index is -3.40. The molecule has 2 aromatic carbocycles. The monoisotopic (exact) mass is 480 g/mol. The first-order valence-corrected chi connectivity index (χ1v) is 13.4. The third-order valence-electron chi connectivity index (χ3n) is 5.54. The molecule has 0 aliphatic carbocycles. The van der Waals surface area contributed by atoms with Crippen LogP contribution in [0.1, 0.15) is 28.4 Å². The van der Waals surface area contributed by atoms with E-state index in [2.05, 4.69) is 11.0 Å². The largest absolute Gasteiger partial charge is 0.378 e. The Hall–Kier alpha value is -1.74. The average molecular weight is 481 g/mol. The van der Waals surface area contributed by atoms with Gasteiger partial charge in [0.1, 0.15) is 0 Å². The number of hydrogen-bond donors (Lipinski definition) is 0. The highest BCUT2D eigenvalue weighted by Gasteiger charge is 2.28. The first-order valence-electron chi connectivity index (χ1n) is 10.2. The summed E-state index contributed by atoms with van der Waals surface area (Å²) in [5.41, 5.74) is 3.50. The second kappa shape index (κ2) is 9.02. The van der Waals surface area contributed by atoms with E-state index >= 15 is 0 Å². The maximum absolute atomic E-state index is 13.4. The van der Waals surface area contributed by atoms with Crippen molar-refractivity contribution in [3.63, 3.8) is 0 Å². The van der Waals surface area contributed by atoms with Gasteiger partial charge in [-0.3, -0.25) is 4.79 Å². The number of hydrogen-bond acceptors (Lipinski definition) is 6. The number of nitrogens with zero attached hydrogens (tertiary/aromatic N) is 2. The van der Waals surface area contributed by atoms with Crippen LogP contribution in [-0.4, -0.2) is 57.5 Å². The molecule has 6 nitrogen and oxygen atoms in total. The van der Waals surface area contributed by atoms with Crippen LogP contribution in [0.4, 0.5) is 5.69 Å². The molecule has 31 heavy (non-hydrogen) atoms. The summed E-state index contributed by atoms with van der Waals surface area (Å²) in [6.45, 7) is 5.86. The molecule has 2 aliphatic heterocycles. The van der Waals surface area contributed by atoms with Crippen molar-refractivity contribution in [2.45, 2.75) is 29.8 Å². The lowest BCUT2D eigenvalue weighted by atomic mass is 10.1. The number of carbonyl (C=O) groups excluding carboxylic acids is 1. The van der Waals surface area contributed by atoms with Gasteiger partial charge in [-0.25, -0.2) is 8.42 Å². The normalized spacial score (nSPS) is 16.5. The maximum atomic E-state index is 13.4. The molecule has 1 saturated heterocycles. The molecule has 0 radical (unpaired) electrons. The molecule has 0 bridgehead atoms. The van der Waals surface area contributed by atoms with Gasteiger partial charge in [0, 0.05) is 37.3 Å². The summed E-state index contributed by atoms with van der Waals surface area (Å²) in [6, 6.07) is 8.82. The first kappa shape index (κ1) is 22.5. The van der Waals surface area contributed by atoms with Crippen LogP contribution in [0.3, 0.4) is 0 Å². The fraction of sp³-hybridized carbons (Fsp3) is 0.409. The average Bonchev–Trinajstić information content (AvgIpc) is 3.16. The van der Waals surface area contributed by atoms with Crippen molar-refractivity contribution in [1.29, 1.82) is 0 Å². The van der Waals surface area contributed by atoms with Crippen molar-refractivity contribution in [3.8, 4) is 0 Å². The van der Waals surface area contributed by atoms with E-state index in [1.165, 1.54) is 17.8 Å². The van der Waals surface area contributed by atoms with Crippen molar-refractivity contribution in [2.75, 3.05) is 43.2 Å². The molecular weight excluding hydrogens is 456 g/mol. The van der Waals surface area contributed by atoms with E-state index in [0.717, 1.165) is 46.8 Å². The zero-order chi connectivity index (χ0) is 22.2. The molecule has 2 aliphatic rings. The summed E-state index contributed by atoms with van der Waals surface area (Å²) >= 11 is 8.10. The van der Waals surface area contributed by atoms with Crippen molar-refractivity contribution < 1.29 is 17.9 Å². The molecule has 0 unspecified atom stereocenters. The Balaban J connectivity index is 1.62. The van der Waals surface area contributed by atoms with Crippen LogP contribution in [0.25, 0.3) is 0 Å². The second-order valence-corrected chi connectivity index (χ2v) is 11.4. The number of anilines is 1. The molecule has 4 rings (SSSR count). The standard InChI is InChI=1S/C22H25ClN2O4S2/c1-3-30-21-5-4-17(31(2,27)28)12-18(21)22(26)25-13-15-10-19(23)20(11-16(15)14-25)24-6-8-29-9-7-24/h4-5,10-12H,3,6-9,13-14H2,1-2H3. The third-order valence-corrected chi connectivity index (χ3v) is 7.91. The zero-order valence-electron chi connectivity index (χ0n) is 17.6.